The van der Waals surface area contributed by atoms with Gasteiger partial charge in [0.15, 0.2) is 4.34 Å². The van der Waals surface area contributed by atoms with Crippen LogP contribution >= 0.6 is 23.1 Å². The minimum absolute atomic E-state index is 0.0566. The molecule has 0 fully saturated rings. The number of thioether (sulfide) groups is 1. The second-order valence-electron chi connectivity index (χ2n) is 6.05. The van der Waals surface area contributed by atoms with E-state index >= 15 is 0 Å². The van der Waals surface area contributed by atoms with Crippen LogP contribution in [0, 0.1) is 0 Å². The van der Waals surface area contributed by atoms with E-state index in [4.69, 9.17) is 9.47 Å². The van der Waals surface area contributed by atoms with Gasteiger partial charge in [-0.15, -0.1) is 11.3 Å². The summed E-state index contributed by atoms with van der Waals surface area (Å²) in [7, 11) is 3.23. The number of methoxy groups -OCH3 is 2. The molecule has 0 bridgehead atoms. The molecule has 0 aliphatic rings. The molecule has 2 aromatic carbocycles. The van der Waals surface area contributed by atoms with E-state index in [0.29, 0.717) is 11.5 Å². The van der Waals surface area contributed by atoms with E-state index in [-0.39, 0.29) is 11.9 Å². The molecule has 7 heteroatoms. The van der Waals surface area contributed by atoms with Crippen LogP contribution in [-0.2, 0) is 4.79 Å². The summed E-state index contributed by atoms with van der Waals surface area (Å²) in [6.07, 6.45) is 0. The first-order chi connectivity index (χ1) is 13.6. The molecule has 0 aliphatic heterocycles. The maximum Gasteiger partial charge on any atom is 0.230 e. The fraction of sp³-hybridized carbons (Fsp3) is 0.238. The summed E-state index contributed by atoms with van der Waals surface area (Å²) in [5, 5.41) is 5.03. The standard InChI is InChI=1S/C21H22N2O3S2/c1-14(17-11-16(25-2)9-10-19(17)26-3)22-20(24)13-28-21-23-18(12-27-21)15-7-5-4-6-8-15/h4-12,14H,13H2,1-3H3,(H,22,24). The van der Waals surface area contributed by atoms with E-state index in [1.165, 1.54) is 11.8 Å². The molecule has 0 saturated carbocycles. The highest BCUT2D eigenvalue weighted by Gasteiger charge is 2.16. The highest BCUT2D eigenvalue weighted by Crippen LogP contribution is 2.30. The average molecular weight is 415 g/mol. The molecule has 0 saturated heterocycles. The van der Waals surface area contributed by atoms with Gasteiger partial charge in [0.25, 0.3) is 0 Å². The molecular weight excluding hydrogens is 392 g/mol. The van der Waals surface area contributed by atoms with Crippen LogP contribution in [0.3, 0.4) is 0 Å². The number of rotatable bonds is 8. The third-order valence-electron chi connectivity index (χ3n) is 4.16. The lowest BCUT2D eigenvalue weighted by Crippen LogP contribution is -2.28. The van der Waals surface area contributed by atoms with Gasteiger partial charge in [-0.05, 0) is 25.1 Å². The van der Waals surface area contributed by atoms with Crippen LogP contribution < -0.4 is 14.8 Å². The summed E-state index contributed by atoms with van der Waals surface area (Å²) in [4.78, 5) is 17.0. The zero-order valence-electron chi connectivity index (χ0n) is 16.0. The second kappa shape index (κ2) is 9.61. The van der Waals surface area contributed by atoms with Crippen molar-refractivity contribution in [1.82, 2.24) is 10.3 Å². The lowest BCUT2D eigenvalue weighted by molar-refractivity contribution is -0.119. The Morgan fingerprint density at radius 2 is 1.96 bits per heavy atom. The van der Waals surface area contributed by atoms with Crippen molar-refractivity contribution in [2.24, 2.45) is 0 Å². The van der Waals surface area contributed by atoms with Crippen LogP contribution in [0.25, 0.3) is 11.3 Å². The van der Waals surface area contributed by atoms with E-state index in [2.05, 4.69) is 10.3 Å². The number of carbonyl (C=O) groups is 1. The summed E-state index contributed by atoms with van der Waals surface area (Å²) in [6, 6.07) is 15.4. The van der Waals surface area contributed by atoms with Gasteiger partial charge in [-0.25, -0.2) is 4.98 Å². The quantitative estimate of drug-likeness (QED) is 0.537. The van der Waals surface area contributed by atoms with Gasteiger partial charge in [0.1, 0.15) is 11.5 Å². The third-order valence-corrected chi connectivity index (χ3v) is 6.18. The minimum atomic E-state index is -0.200. The van der Waals surface area contributed by atoms with E-state index < -0.39 is 0 Å². The minimum Gasteiger partial charge on any atom is -0.497 e. The number of benzene rings is 2. The third kappa shape index (κ3) is 5.05. The molecule has 1 atom stereocenters. The van der Waals surface area contributed by atoms with Gasteiger partial charge in [-0.3, -0.25) is 4.79 Å². The number of hydrogen-bond donors (Lipinski definition) is 1. The molecule has 0 radical (unpaired) electrons. The van der Waals surface area contributed by atoms with Crippen molar-refractivity contribution in [2.75, 3.05) is 20.0 Å². The van der Waals surface area contributed by atoms with E-state index in [9.17, 15) is 4.79 Å². The molecule has 146 valence electrons. The van der Waals surface area contributed by atoms with Gasteiger partial charge in [-0.2, -0.15) is 0 Å². The Morgan fingerprint density at radius 1 is 1.18 bits per heavy atom. The first-order valence-electron chi connectivity index (χ1n) is 8.75. The fourth-order valence-corrected chi connectivity index (χ4v) is 4.38. The molecule has 5 nitrogen and oxygen atoms in total. The number of amides is 1. The van der Waals surface area contributed by atoms with E-state index in [1.807, 2.05) is 60.8 Å². The van der Waals surface area contributed by atoms with Gasteiger partial charge in [-0.1, -0.05) is 42.1 Å². The molecule has 28 heavy (non-hydrogen) atoms. The zero-order chi connectivity index (χ0) is 19.9. The van der Waals surface area contributed by atoms with Crippen LogP contribution in [0.4, 0.5) is 0 Å². The molecule has 1 aromatic heterocycles. The molecule has 1 unspecified atom stereocenters. The Kier molecular flexibility index (Phi) is 6.95. The highest BCUT2D eigenvalue weighted by atomic mass is 32.2. The lowest BCUT2D eigenvalue weighted by Gasteiger charge is -2.18. The average Bonchev–Trinajstić information content (AvgIpc) is 3.21. The Hall–Kier alpha value is -2.51. The Balaban J connectivity index is 1.58. The smallest absolute Gasteiger partial charge is 0.230 e. The van der Waals surface area contributed by atoms with Crippen molar-refractivity contribution in [3.05, 3.63) is 59.5 Å². The molecule has 1 heterocycles. The molecule has 0 aliphatic carbocycles. The number of ether oxygens (including phenoxy) is 2. The molecule has 1 N–H and O–H groups in total. The summed E-state index contributed by atoms with van der Waals surface area (Å²) in [5.74, 6) is 1.69. The lowest BCUT2D eigenvalue weighted by atomic mass is 10.1. The number of hydrogen-bond acceptors (Lipinski definition) is 6. The van der Waals surface area contributed by atoms with Gasteiger partial charge < -0.3 is 14.8 Å². The number of thiazole rings is 1. The first-order valence-corrected chi connectivity index (χ1v) is 10.6. The molecular formula is C21H22N2O3S2. The van der Waals surface area contributed by atoms with Crippen LogP contribution in [-0.4, -0.2) is 30.9 Å². The highest BCUT2D eigenvalue weighted by molar-refractivity contribution is 8.01. The normalized spacial score (nSPS) is 11.7. The monoisotopic (exact) mass is 414 g/mol. The van der Waals surface area contributed by atoms with Crippen LogP contribution in [0.5, 0.6) is 11.5 Å². The second-order valence-corrected chi connectivity index (χ2v) is 8.13. The summed E-state index contributed by atoms with van der Waals surface area (Å²) in [6.45, 7) is 1.93. The number of aromatic nitrogens is 1. The van der Waals surface area contributed by atoms with E-state index in [1.54, 1.807) is 25.6 Å². The van der Waals surface area contributed by atoms with Crippen molar-refractivity contribution >= 4 is 29.0 Å². The van der Waals surface area contributed by atoms with Gasteiger partial charge >= 0.3 is 0 Å². The Bertz CT molecular complexity index is 928. The number of nitrogens with zero attached hydrogens (tertiary/aromatic N) is 1. The topological polar surface area (TPSA) is 60.5 Å². The van der Waals surface area contributed by atoms with Crippen LogP contribution in [0.1, 0.15) is 18.5 Å². The van der Waals surface area contributed by atoms with Crippen LogP contribution in [0.2, 0.25) is 0 Å². The van der Waals surface area contributed by atoms with E-state index in [0.717, 1.165) is 26.9 Å². The maximum absolute atomic E-state index is 12.4. The van der Waals surface area contributed by atoms with Gasteiger partial charge in [0, 0.05) is 16.5 Å². The largest absolute Gasteiger partial charge is 0.497 e. The molecule has 3 rings (SSSR count). The van der Waals surface area contributed by atoms with Crippen molar-refractivity contribution in [2.45, 2.75) is 17.3 Å². The van der Waals surface area contributed by atoms with Crippen molar-refractivity contribution in [1.29, 1.82) is 0 Å². The Labute approximate surface area is 173 Å². The SMILES string of the molecule is COc1ccc(OC)c(C(C)NC(=O)CSc2nc(-c3ccccc3)cs2)c1. The summed E-state index contributed by atoms with van der Waals surface area (Å²) in [5.41, 5.74) is 2.89. The molecule has 1 amide bonds. The van der Waals surface area contributed by atoms with Gasteiger partial charge in [0.05, 0.1) is 31.7 Å². The first kappa shape index (κ1) is 20.2. The van der Waals surface area contributed by atoms with Crippen molar-refractivity contribution in [3.8, 4) is 22.8 Å². The molecule has 0 spiro atoms. The van der Waals surface area contributed by atoms with Crippen molar-refractivity contribution in [3.63, 3.8) is 0 Å². The summed E-state index contributed by atoms with van der Waals surface area (Å²) < 4.78 is 11.6. The van der Waals surface area contributed by atoms with Crippen molar-refractivity contribution < 1.29 is 14.3 Å². The number of nitrogens with one attached hydrogen (secondary N) is 1. The molecule has 3 aromatic rings. The predicted molar refractivity (Wildman–Crippen MR) is 114 cm³/mol. The predicted octanol–water partition coefficient (Wildman–Crippen LogP) is 4.80. The van der Waals surface area contributed by atoms with Crippen LogP contribution in [0.15, 0.2) is 58.3 Å². The van der Waals surface area contributed by atoms with Gasteiger partial charge in [0.2, 0.25) is 5.91 Å². The zero-order valence-corrected chi connectivity index (χ0v) is 17.6. The Morgan fingerprint density at radius 3 is 2.68 bits per heavy atom. The fourth-order valence-electron chi connectivity index (χ4n) is 2.73. The summed E-state index contributed by atoms with van der Waals surface area (Å²) >= 11 is 2.99. The number of carbonyl (C=O) groups excluding carboxylic acids is 1. The maximum atomic E-state index is 12.4.